The molecular weight excluding hydrogens is 332 g/mol. The first kappa shape index (κ1) is 19.5. The summed E-state index contributed by atoms with van der Waals surface area (Å²) in [4.78, 5) is 32.9. The van der Waals surface area contributed by atoms with Crippen LogP contribution in [0.4, 0.5) is 10.6 Å². The Morgan fingerprint density at radius 3 is 2.58 bits per heavy atom. The number of carbonyl (C=O) groups is 2. The third-order valence-electron chi connectivity index (χ3n) is 4.20. The zero-order valence-electron chi connectivity index (χ0n) is 15.3. The molecule has 1 aliphatic rings. The number of hydrogen-bond acceptors (Lipinski definition) is 5. The van der Waals surface area contributed by atoms with Crippen molar-refractivity contribution in [3.8, 4) is 6.07 Å². The van der Waals surface area contributed by atoms with E-state index in [9.17, 15) is 9.59 Å². The van der Waals surface area contributed by atoms with Crippen molar-refractivity contribution in [1.29, 1.82) is 5.26 Å². The fraction of sp³-hybridized carbons (Fsp3) is 0.556. The first-order chi connectivity index (χ1) is 12.5. The van der Waals surface area contributed by atoms with Crippen molar-refractivity contribution in [3.05, 3.63) is 24.4 Å². The van der Waals surface area contributed by atoms with Crippen LogP contribution in [0.15, 0.2) is 24.4 Å². The Morgan fingerprint density at radius 2 is 2.00 bits per heavy atom. The number of pyridine rings is 1. The summed E-state index contributed by atoms with van der Waals surface area (Å²) < 4.78 is 0. The summed E-state index contributed by atoms with van der Waals surface area (Å²) in [5.41, 5.74) is 0. The topological polar surface area (TPSA) is 101 Å². The fourth-order valence-electron chi connectivity index (χ4n) is 2.87. The zero-order chi connectivity index (χ0) is 18.9. The maximum absolute atomic E-state index is 12.5. The Balaban J connectivity index is 1.89. The van der Waals surface area contributed by atoms with Crippen molar-refractivity contribution in [2.45, 2.75) is 26.3 Å². The van der Waals surface area contributed by atoms with E-state index in [1.807, 2.05) is 38.1 Å². The molecule has 0 aromatic carbocycles. The number of carbonyl (C=O) groups excluding carboxylic acids is 2. The van der Waals surface area contributed by atoms with Crippen LogP contribution in [0, 0.1) is 17.2 Å². The maximum Gasteiger partial charge on any atom is 0.318 e. The Labute approximate surface area is 154 Å². The second-order valence-corrected chi connectivity index (χ2v) is 6.67. The van der Waals surface area contributed by atoms with E-state index in [1.165, 1.54) is 0 Å². The molecule has 0 aliphatic carbocycles. The molecule has 0 spiro atoms. The van der Waals surface area contributed by atoms with Crippen LogP contribution in [0.2, 0.25) is 0 Å². The summed E-state index contributed by atoms with van der Waals surface area (Å²) in [5, 5.41) is 14.0. The SMILES string of the molecule is CC(C)C[C@H](NC(=O)N1CCN(c2ccccn2)CC1)C(=O)NCC#N. The van der Waals surface area contributed by atoms with Gasteiger partial charge in [0, 0.05) is 32.4 Å². The van der Waals surface area contributed by atoms with Gasteiger partial charge < -0.3 is 20.4 Å². The highest BCUT2D eigenvalue weighted by atomic mass is 16.2. The molecule has 1 saturated heterocycles. The van der Waals surface area contributed by atoms with E-state index in [-0.39, 0.29) is 24.4 Å². The molecule has 0 unspecified atom stereocenters. The Kier molecular flexibility index (Phi) is 7.21. The van der Waals surface area contributed by atoms with Crippen molar-refractivity contribution in [2.24, 2.45) is 5.92 Å². The van der Waals surface area contributed by atoms with Crippen LogP contribution in [-0.4, -0.2) is 60.6 Å². The monoisotopic (exact) mass is 358 g/mol. The van der Waals surface area contributed by atoms with Gasteiger partial charge in [0.15, 0.2) is 0 Å². The van der Waals surface area contributed by atoms with Gasteiger partial charge in [0.05, 0.1) is 6.07 Å². The highest BCUT2D eigenvalue weighted by Crippen LogP contribution is 2.13. The minimum absolute atomic E-state index is 0.0634. The number of anilines is 1. The van der Waals surface area contributed by atoms with Gasteiger partial charge in [-0.05, 0) is 24.5 Å². The molecule has 1 aliphatic heterocycles. The largest absolute Gasteiger partial charge is 0.353 e. The molecule has 2 heterocycles. The number of rotatable bonds is 6. The molecule has 1 aromatic heterocycles. The third kappa shape index (κ3) is 5.62. The van der Waals surface area contributed by atoms with Crippen molar-refractivity contribution in [1.82, 2.24) is 20.5 Å². The van der Waals surface area contributed by atoms with E-state index in [4.69, 9.17) is 5.26 Å². The summed E-state index contributed by atoms with van der Waals surface area (Å²) in [5.74, 6) is 0.830. The molecule has 8 nitrogen and oxygen atoms in total. The number of urea groups is 1. The van der Waals surface area contributed by atoms with Crippen molar-refractivity contribution >= 4 is 17.8 Å². The van der Waals surface area contributed by atoms with Gasteiger partial charge in [0.2, 0.25) is 5.91 Å². The van der Waals surface area contributed by atoms with E-state index in [0.717, 1.165) is 5.82 Å². The van der Waals surface area contributed by atoms with Crippen LogP contribution in [0.5, 0.6) is 0 Å². The van der Waals surface area contributed by atoms with Gasteiger partial charge in [-0.1, -0.05) is 19.9 Å². The van der Waals surface area contributed by atoms with Gasteiger partial charge in [0.1, 0.15) is 18.4 Å². The number of nitrogens with one attached hydrogen (secondary N) is 2. The van der Waals surface area contributed by atoms with Crippen LogP contribution in [0.3, 0.4) is 0 Å². The average molecular weight is 358 g/mol. The quantitative estimate of drug-likeness (QED) is 0.738. The zero-order valence-corrected chi connectivity index (χ0v) is 15.3. The maximum atomic E-state index is 12.5. The first-order valence-corrected chi connectivity index (χ1v) is 8.87. The number of piperazine rings is 1. The highest BCUT2D eigenvalue weighted by Gasteiger charge is 2.26. The Bertz CT molecular complexity index is 635. The number of aromatic nitrogens is 1. The summed E-state index contributed by atoms with van der Waals surface area (Å²) in [6.45, 7) is 6.43. The second kappa shape index (κ2) is 9.61. The highest BCUT2D eigenvalue weighted by molar-refractivity contribution is 5.87. The summed E-state index contributed by atoms with van der Waals surface area (Å²) in [6, 6.07) is 6.76. The van der Waals surface area contributed by atoms with Crippen molar-refractivity contribution in [2.75, 3.05) is 37.6 Å². The third-order valence-corrected chi connectivity index (χ3v) is 4.20. The van der Waals surface area contributed by atoms with E-state index in [0.29, 0.717) is 32.6 Å². The average Bonchev–Trinajstić information content (AvgIpc) is 2.66. The van der Waals surface area contributed by atoms with Gasteiger partial charge in [-0.3, -0.25) is 4.79 Å². The first-order valence-electron chi connectivity index (χ1n) is 8.87. The standard InChI is InChI=1S/C18H26N6O2/c1-14(2)13-15(17(25)21-8-6-19)22-18(26)24-11-9-23(10-12-24)16-5-3-4-7-20-16/h3-5,7,14-15H,8-13H2,1-2H3,(H,21,25)(H,22,26)/t15-/m0/s1. The van der Waals surface area contributed by atoms with Gasteiger partial charge in [0.25, 0.3) is 0 Å². The van der Waals surface area contributed by atoms with E-state index in [1.54, 1.807) is 11.1 Å². The van der Waals surface area contributed by atoms with Gasteiger partial charge >= 0.3 is 6.03 Å². The fourth-order valence-corrected chi connectivity index (χ4v) is 2.87. The smallest absolute Gasteiger partial charge is 0.318 e. The molecule has 3 amide bonds. The van der Waals surface area contributed by atoms with Gasteiger partial charge in [-0.2, -0.15) is 5.26 Å². The molecule has 8 heteroatoms. The molecule has 0 saturated carbocycles. The molecule has 1 aromatic rings. The minimum atomic E-state index is -0.635. The second-order valence-electron chi connectivity index (χ2n) is 6.67. The molecule has 1 fully saturated rings. The predicted molar refractivity (Wildman–Crippen MR) is 98.4 cm³/mol. The number of nitrogens with zero attached hydrogens (tertiary/aromatic N) is 4. The van der Waals surface area contributed by atoms with Gasteiger partial charge in [-0.25, -0.2) is 9.78 Å². The predicted octanol–water partition coefficient (Wildman–Crippen LogP) is 0.968. The molecule has 2 N–H and O–H groups in total. The molecule has 0 radical (unpaired) electrons. The number of nitriles is 1. The summed E-state index contributed by atoms with van der Waals surface area (Å²) >= 11 is 0. The van der Waals surface area contributed by atoms with Crippen LogP contribution >= 0.6 is 0 Å². The lowest BCUT2D eigenvalue weighted by molar-refractivity contribution is -0.123. The van der Waals surface area contributed by atoms with E-state index >= 15 is 0 Å². The molecule has 0 bridgehead atoms. The van der Waals surface area contributed by atoms with E-state index in [2.05, 4.69) is 20.5 Å². The molecule has 140 valence electrons. The van der Waals surface area contributed by atoms with Crippen molar-refractivity contribution < 1.29 is 9.59 Å². The molecule has 2 rings (SSSR count). The summed E-state index contributed by atoms with van der Waals surface area (Å²) in [7, 11) is 0. The van der Waals surface area contributed by atoms with Crippen LogP contribution in [0.1, 0.15) is 20.3 Å². The van der Waals surface area contributed by atoms with Crippen molar-refractivity contribution in [3.63, 3.8) is 0 Å². The lowest BCUT2D eigenvalue weighted by atomic mass is 10.0. The van der Waals surface area contributed by atoms with Crippen LogP contribution < -0.4 is 15.5 Å². The van der Waals surface area contributed by atoms with E-state index < -0.39 is 6.04 Å². The Morgan fingerprint density at radius 1 is 1.27 bits per heavy atom. The van der Waals surface area contributed by atoms with Crippen LogP contribution in [0.25, 0.3) is 0 Å². The minimum Gasteiger partial charge on any atom is -0.353 e. The Hall–Kier alpha value is -2.82. The van der Waals surface area contributed by atoms with Gasteiger partial charge in [-0.15, -0.1) is 0 Å². The number of hydrogen-bond donors (Lipinski definition) is 2. The summed E-state index contributed by atoms with van der Waals surface area (Å²) in [6.07, 6.45) is 2.28. The number of amides is 3. The molecule has 26 heavy (non-hydrogen) atoms. The molecular formula is C18H26N6O2. The molecule has 1 atom stereocenters. The lowest BCUT2D eigenvalue weighted by Gasteiger charge is -2.36. The lowest BCUT2D eigenvalue weighted by Crippen LogP contribution is -2.56. The van der Waals surface area contributed by atoms with Crippen LogP contribution in [-0.2, 0) is 4.79 Å². The normalized spacial score (nSPS) is 15.3.